The van der Waals surface area contributed by atoms with E-state index >= 15 is 0 Å². The van der Waals surface area contributed by atoms with Gasteiger partial charge in [0.25, 0.3) is 5.91 Å². The Morgan fingerprint density at radius 2 is 2.07 bits per heavy atom. The van der Waals surface area contributed by atoms with E-state index in [4.69, 9.17) is 18.0 Å². The van der Waals surface area contributed by atoms with Crippen LogP contribution < -0.4 is 0 Å². The number of fused-ring (bicyclic) bond motifs is 1. The van der Waals surface area contributed by atoms with Crippen molar-refractivity contribution in [2.45, 2.75) is 13.5 Å². The number of likely N-dealkylation sites (N-methyl/N-ethyl adjacent to an activating group) is 1. The highest BCUT2D eigenvalue weighted by Gasteiger charge is 2.31. The van der Waals surface area contributed by atoms with E-state index in [1.54, 1.807) is 18.0 Å². The molecule has 2 aromatic carbocycles. The Bertz CT molecular complexity index is 1290. The molecule has 1 fully saturated rings. The Kier molecular flexibility index (Phi) is 5.79. The fraction of sp³-hybridized carbons (Fsp3) is 0.130. The molecule has 1 saturated heterocycles. The highest BCUT2D eigenvalue weighted by Crippen LogP contribution is 2.36. The number of benzene rings is 2. The van der Waals surface area contributed by atoms with E-state index in [2.05, 4.69) is 31.4 Å². The topological polar surface area (TPSA) is 37.6 Å². The molecule has 1 aromatic heterocycles. The fourth-order valence-electron chi connectivity index (χ4n) is 3.38. The van der Waals surface area contributed by atoms with Crippen molar-refractivity contribution in [3.63, 3.8) is 0 Å². The van der Waals surface area contributed by atoms with Crippen LogP contribution in [0, 0.1) is 19.3 Å². The minimum absolute atomic E-state index is 0.0878. The van der Waals surface area contributed by atoms with Gasteiger partial charge in [0.2, 0.25) is 0 Å². The van der Waals surface area contributed by atoms with Gasteiger partial charge >= 0.3 is 0 Å². The number of nitrogens with zero attached hydrogens (tertiary/aromatic N) is 3. The normalized spacial score (nSPS) is 16.8. The van der Waals surface area contributed by atoms with Gasteiger partial charge in [-0.3, -0.25) is 9.69 Å². The summed E-state index contributed by atoms with van der Waals surface area (Å²) < 4.78 is 2.89. The van der Waals surface area contributed by atoms with Crippen LogP contribution in [0.25, 0.3) is 17.0 Å². The third kappa shape index (κ3) is 3.69. The predicted octanol–water partition coefficient (Wildman–Crippen LogP) is 6.23. The Morgan fingerprint density at radius 3 is 2.80 bits per heavy atom. The molecular formula is C23H17BrClN3OS. The number of aromatic nitrogens is 1. The van der Waals surface area contributed by atoms with Crippen molar-refractivity contribution in [2.24, 2.45) is 4.99 Å². The van der Waals surface area contributed by atoms with Gasteiger partial charge in [-0.05, 0) is 65.0 Å². The number of aliphatic imine (C=N–C) groups is 1. The van der Waals surface area contributed by atoms with Crippen LogP contribution in [0.5, 0.6) is 0 Å². The molecule has 150 valence electrons. The van der Waals surface area contributed by atoms with Gasteiger partial charge < -0.3 is 4.57 Å². The Morgan fingerprint density at radius 1 is 1.30 bits per heavy atom. The summed E-state index contributed by atoms with van der Waals surface area (Å²) in [6.45, 7) is 2.50. The molecule has 0 N–H and O–H groups in total. The number of terminal acetylenes is 1. The quantitative estimate of drug-likeness (QED) is 0.317. The van der Waals surface area contributed by atoms with Crippen LogP contribution in [0.2, 0.25) is 5.02 Å². The lowest BCUT2D eigenvalue weighted by Gasteiger charge is -2.07. The van der Waals surface area contributed by atoms with Gasteiger partial charge in [-0.25, -0.2) is 4.99 Å². The van der Waals surface area contributed by atoms with Crippen molar-refractivity contribution in [2.75, 3.05) is 7.05 Å². The molecule has 0 aliphatic carbocycles. The van der Waals surface area contributed by atoms with Crippen molar-refractivity contribution in [3.8, 4) is 12.3 Å². The van der Waals surface area contributed by atoms with Gasteiger partial charge in [0.05, 0.1) is 22.2 Å². The monoisotopic (exact) mass is 497 g/mol. The first kappa shape index (κ1) is 20.8. The zero-order valence-corrected chi connectivity index (χ0v) is 19.5. The third-order valence-electron chi connectivity index (χ3n) is 4.94. The van der Waals surface area contributed by atoms with Crippen LogP contribution >= 0.6 is 39.3 Å². The molecule has 1 aliphatic rings. The first-order valence-corrected chi connectivity index (χ1v) is 11.1. The summed E-state index contributed by atoms with van der Waals surface area (Å²) in [5.74, 6) is 2.62. The summed E-state index contributed by atoms with van der Waals surface area (Å²) in [7, 11) is 1.73. The highest BCUT2D eigenvalue weighted by molar-refractivity contribution is 9.10. The van der Waals surface area contributed by atoms with Crippen molar-refractivity contribution in [3.05, 3.63) is 68.1 Å². The predicted molar refractivity (Wildman–Crippen MR) is 130 cm³/mol. The number of carbonyl (C=O) groups is 1. The molecule has 0 bridgehead atoms. The van der Waals surface area contributed by atoms with Gasteiger partial charge in [-0.1, -0.05) is 35.7 Å². The maximum Gasteiger partial charge on any atom is 0.266 e. The number of hydrogen-bond acceptors (Lipinski definition) is 3. The third-order valence-corrected chi connectivity index (χ3v) is 7.23. The lowest BCUT2D eigenvalue weighted by Crippen LogP contribution is -2.23. The second kappa shape index (κ2) is 8.35. The summed E-state index contributed by atoms with van der Waals surface area (Å²) in [4.78, 5) is 19.7. The van der Waals surface area contributed by atoms with E-state index in [0.29, 0.717) is 27.3 Å². The van der Waals surface area contributed by atoms with Gasteiger partial charge in [0.1, 0.15) is 0 Å². The SMILES string of the molecule is C#CCn1c(C)c(/C=C2/SC(=Nc3ccc(Br)c(Cl)c3)N(C)C2=O)c2ccccc21. The molecule has 0 saturated carbocycles. The zero-order valence-electron chi connectivity index (χ0n) is 16.3. The number of rotatable bonds is 3. The molecule has 7 heteroatoms. The minimum atomic E-state index is -0.0878. The highest BCUT2D eigenvalue weighted by atomic mass is 79.9. The first-order chi connectivity index (χ1) is 14.4. The van der Waals surface area contributed by atoms with Crippen molar-refractivity contribution in [1.29, 1.82) is 0 Å². The average Bonchev–Trinajstić information content (AvgIpc) is 3.15. The first-order valence-electron chi connectivity index (χ1n) is 9.13. The van der Waals surface area contributed by atoms with Crippen molar-refractivity contribution >= 4 is 73.0 Å². The summed E-state index contributed by atoms with van der Waals surface area (Å²) in [5.41, 5.74) is 3.77. The largest absolute Gasteiger partial charge is 0.333 e. The maximum absolute atomic E-state index is 12.9. The van der Waals surface area contributed by atoms with E-state index in [-0.39, 0.29) is 5.91 Å². The molecule has 4 nitrogen and oxygen atoms in total. The van der Waals surface area contributed by atoms with E-state index in [1.807, 2.05) is 49.4 Å². The van der Waals surface area contributed by atoms with E-state index in [9.17, 15) is 4.79 Å². The van der Waals surface area contributed by atoms with Crippen molar-refractivity contribution < 1.29 is 4.79 Å². The number of thioether (sulfide) groups is 1. The average molecular weight is 499 g/mol. The summed E-state index contributed by atoms with van der Waals surface area (Å²) in [5, 5.41) is 2.25. The summed E-state index contributed by atoms with van der Waals surface area (Å²) in [6.07, 6.45) is 7.50. The van der Waals surface area contributed by atoms with Crippen molar-refractivity contribution in [1.82, 2.24) is 9.47 Å². The van der Waals surface area contributed by atoms with Crippen LogP contribution in [0.3, 0.4) is 0 Å². The molecule has 30 heavy (non-hydrogen) atoms. The van der Waals surface area contributed by atoms with Crippen LogP contribution in [-0.4, -0.2) is 27.6 Å². The van der Waals surface area contributed by atoms with Crippen LogP contribution in [0.15, 0.2) is 56.8 Å². The number of para-hydroxylation sites is 1. The molecule has 0 unspecified atom stereocenters. The zero-order chi connectivity index (χ0) is 21.4. The molecule has 0 spiro atoms. The molecule has 0 radical (unpaired) electrons. The second-order valence-corrected chi connectivity index (χ2v) is 9.04. The molecule has 1 amide bonds. The van der Waals surface area contributed by atoms with Gasteiger partial charge in [-0.15, -0.1) is 6.42 Å². The number of amides is 1. The lowest BCUT2D eigenvalue weighted by atomic mass is 10.1. The van der Waals surface area contributed by atoms with E-state index < -0.39 is 0 Å². The number of hydrogen-bond donors (Lipinski definition) is 0. The maximum atomic E-state index is 12.9. The van der Waals surface area contributed by atoms with Crippen LogP contribution in [-0.2, 0) is 11.3 Å². The van der Waals surface area contributed by atoms with Crippen LogP contribution in [0.1, 0.15) is 11.3 Å². The van der Waals surface area contributed by atoms with E-state index in [0.717, 1.165) is 26.6 Å². The molecular weight excluding hydrogens is 482 g/mol. The minimum Gasteiger partial charge on any atom is -0.333 e. The Balaban J connectivity index is 1.76. The lowest BCUT2D eigenvalue weighted by molar-refractivity contribution is -0.121. The summed E-state index contributed by atoms with van der Waals surface area (Å²) in [6, 6.07) is 13.5. The second-order valence-electron chi connectivity index (χ2n) is 6.77. The molecule has 4 rings (SSSR count). The number of halogens is 2. The summed E-state index contributed by atoms with van der Waals surface area (Å²) >= 11 is 10.9. The molecule has 0 atom stereocenters. The van der Waals surface area contributed by atoms with Gasteiger partial charge in [0.15, 0.2) is 5.17 Å². The standard InChI is InChI=1S/C23H17BrClN3OS/c1-4-11-28-14(2)17(16-7-5-6-8-20(16)28)13-21-22(29)27(3)23(30-21)26-15-9-10-18(24)19(25)12-15/h1,5-10,12-13H,11H2,2-3H3/b21-13+,26-23?. The van der Waals surface area contributed by atoms with Crippen LogP contribution in [0.4, 0.5) is 5.69 Å². The molecule has 2 heterocycles. The number of amidine groups is 1. The Labute approximate surface area is 192 Å². The number of carbonyl (C=O) groups excluding carboxylic acids is 1. The molecule has 3 aromatic rings. The van der Waals surface area contributed by atoms with Gasteiger partial charge in [-0.2, -0.15) is 0 Å². The Hall–Kier alpha value is -2.46. The fourth-order valence-corrected chi connectivity index (χ4v) is 4.77. The van der Waals surface area contributed by atoms with E-state index in [1.165, 1.54) is 11.8 Å². The smallest absolute Gasteiger partial charge is 0.266 e. The molecule has 1 aliphatic heterocycles. The van der Waals surface area contributed by atoms with Gasteiger partial charge in [0, 0.05) is 33.7 Å².